The number of hydrogen-bond acceptors (Lipinski definition) is 3. The lowest BCUT2D eigenvalue weighted by Gasteiger charge is -2.14. The zero-order chi connectivity index (χ0) is 18.0. The minimum atomic E-state index is 0. The van der Waals surface area contributed by atoms with Crippen LogP contribution in [0.2, 0.25) is 5.02 Å². The molecule has 0 aliphatic carbocycles. The van der Waals surface area contributed by atoms with Crippen LogP contribution in [-0.2, 0) is 17.6 Å². The van der Waals surface area contributed by atoms with Gasteiger partial charge >= 0.3 is 0 Å². The van der Waals surface area contributed by atoms with Crippen LogP contribution >= 0.6 is 35.6 Å². The molecule has 0 spiro atoms. The summed E-state index contributed by atoms with van der Waals surface area (Å²) in [6.45, 7) is 3.98. The Morgan fingerprint density at radius 2 is 1.93 bits per heavy atom. The summed E-state index contributed by atoms with van der Waals surface area (Å²) in [6.07, 6.45) is 4.46. The molecule has 1 aromatic carbocycles. The van der Waals surface area contributed by atoms with Crippen LogP contribution in [0, 0.1) is 5.92 Å². The van der Waals surface area contributed by atoms with Crippen molar-refractivity contribution in [2.45, 2.75) is 19.3 Å². The standard InChI is InChI=1S/C20H26ClN3O2.HI/c21-19-6-2-1-4-17(19)7-10-22-20(24-14-16-9-13-25-15-16)23-11-8-18-5-3-12-26-18;/h1-6,12,16H,7-11,13-15H2,(H2,22,23,24);1H. The molecule has 0 saturated carbocycles. The third-order valence-electron chi connectivity index (χ3n) is 4.42. The molecule has 0 radical (unpaired) electrons. The molecule has 3 rings (SSSR count). The van der Waals surface area contributed by atoms with Gasteiger partial charge in [-0.15, -0.1) is 24.0 Å². The number of guanidine groups is 1. The lowest BCUT2D eigenvalue weighted by molar-refractivity contribution is 0.187. The third-order valence-corrected chi connectivity index (χ3v) is 4.79. The summed E-state index contributed by atoms with van der Waals surface area (Å²) in [5, 5.41) is 7.60. The lowest BCUT2D eigenvalue weighted by atomic mass is 10.1. The van der Waals surface area contributed by atoms with Crippen molar-refractivity contribution in [1.82, 2.24) is 10.6 Å². The number of rotatable bonds is 8. The largest absolute Gasteiger partial charge is 0.469 e. The van der Waals surface area contributed by atoms with Crippen LogP contribution in [0.15, 0.2) is 52.1 Å². The molecule has 1 saturated heterocycles. The molecule has 2 heterocycles. The highest BCUT2D eigenvalue weighted by molar-refractivity contribution is 14.0. The number of nitrogens with zero attached hydrogens (tertiary/aromatic N) is 1. The van der Waals surface area contributed by atoms with Gasteiger partial charge in [-0.2, -0.15) is 0 Å². The molecule has 1 fully saturated rings. The molecular weight excluding hydrogens is 477 g/mol. The third kappa shape index (κ3) is 7.71. The molecule has 7 heteroatoms. The Morgan fingerprint density at radius 1 is 1.11 bits per heavy atom. The van der Waals surface area contributed by atoms with Crippen molar-refractivity contribution < 1.29 is 9.15 Å². The fourth-order valence-electron chi connectivity index (χ4n) is 2.90. The Bertz CT molecular complexity index is 688. The quantitative estimate of drug-likeness (QED) is 0.326. The Labute approximate surface area is 182 Å². The van der Waals surface area contributed by atoms with Gasteiger partial charge in [-0.05, 0) is 36.6 Å². The first-order valence-electron chi connectivity index (χ1n) is 9.17. The summed E-state index contributed by atoms with van der Waals surface area (Å²) in [4.78, 5) is 4.73. The Hall–Kier alpha value is -1.25. The first-order chi connectivity index (χ1) is 12.8. The molecule has 27 heavy (non-hydrogen) atoms. The topological polar surface area (TPSA) is 58.8 Å². The summed E-state index contributed by atoms with van der Waals surface area (Å²) < 4.78 is 10.8. The van der Waals surface area contributed by atoms with E-state index in [-0.39, 0.29) is 24.0 Å². The number of nitrogens with one attached hydrogen (secondary N) is 2. The van der Waals surface area contributed by atoms with E-state index in [1.54, 1.807) is 6.26 Å². The van der Waals surface area contributed by atoms with E-state index in [0.29, 0.717) is 5.92 Å². The average molecular weight is 504 g/mol. The van der Waals surface area contributed by atoms with E-state index in [2.05, 4.69) is 16.7 Å². The van der Waals surface area contributed by atoms with Gasteiger partial charge in [0.15, 0.2) is 5.96 Å². The van der Waals surface area contributed by atoms with Gasteiger partial charge in [0.1, 0.15) is 5.76 Å². The van der Waals surface area contributed by atoms with Crippen molar-refractivity contribution in [1.29, 1.82) is 0 Å². The maximum atomic E-state index is 6.23. The van der Waals surface area contributed by atoms with Gasteiger partial charge < -0.3 is 19.8 Å². The van der Waals surface area contributed by atoms with Crippen molar-refractivity contribution in [3.05, 3.63) is 59.0 Å². The Balaban J connectivity index is 0.00000261. The molecule has 1 aliphatic rings. The molecule has 1 unspecified atom stereocenters. The minimum Gasteiger partial charge on any atom is -0.469 e. The van der Waals surface area contributed by atoms with Gasteiger partial charge in [-0.1, -0.05) is 29.8 Å². The molecule has 1 atom stereocenters. The summed E-state index contributed by atoms with van der Waals surface area (Å²) in [5.74, 6) is 2.31. The summed E-state index contributed by atoms with van der Waals surface area (Å²) in [5.41, 5.74) is 1.14. The molecule has 0 bridgehead atoms. The van der Waals surface area contributed by atoms with Crippen molar-refractivity contribution in [3.8, 4) is 0 Å². The smallest absolute Gasteiger partial charge is 0.191 e. The van der Waals surface area contributed by atoms with Crippen LogP contribution in [0.4, 0.5) is 0 Å². The number of aliphatic imine (C=N–C) groups is 1. The van der Waals surface area contributed by atoms with Gasteiger partial charge in [0.2, 0.25) is 0 Å². The van der Waals surface area contributed by atoms with Gasteiger partial charge in [0.25, 0.3) is 0 Å². The molecule has 2 aromatic rings. The highest BCUT2D eigenvalue weighted by atomic mass is 127. The van der Waals surface area contributed by atoms with Crippen molar-refractivity contribution in [2.24, 2.45) is 10.9 Å². The van der Waals surface area contributed by atoms with Crippen LogP contribution in [0.5, 0.6) is 0 Å². The summed E-state index contributed by atoms with van der Waals surface area (Å²) >= 11 is 6.23. The van der Waals surface area contributed by atoms with Crippen LogP contribution < -0.4 is 10.6 Å². The van der Waals surface area contributed by atoms with Crippen LogP contribution in [0.3, 0.4) is 0 Å². The van der Waals surface area contributed by atoms with Gasteiger partial charge in [0, 0.05) is 43.6 Å². The Kier molecular flexibility index (Phi) is 10.0. The predicted octanol–water partition coefficient (Wildman–Crippen LogP) is 3.91. The number of furan rings is 1. The first kappa shape index (κ1) is 22.0. The van der Waals surface area contributed by atoms with Crippen molar-refractivity contribution >= 4 is 41.5 Å². The van der Waals surface area contributed by atoms with Gasteiger partial charge in [-0.3, -0.25) is 4.99 Å². The zero-order valence-corrected chi connectivity index (χ0v) is 18.4. The first-order valence-corrected chi connectivity index (χ1v) is 9.55. The van der Waals surface area contributed by atoms with E-state index in [1.165, 1.54) is 0 Å². The predicted molar refractivity (Wildman–Crippen MR) is 120 cm³/mol. The lowest BCUT2D eigenvalue weighted by Crippen LogP contribution is -2.39. The van der Waals surface area contributed by atoms with Crippen molar-refractivity contribution in [2.75, 3.05) is 32.8 Å². The van der Waals surface area contributed by atoms with E-state index < -0.39 is 0 Å². The second-order valence-electron chi connectivity index (χ2n) is 6.44. The van der Waals surface area contributed by atoms with Gasteiger partial charge in [0.05, 0.1) is 12.9 Å². The average Bonchev–Trinajstić information content (AvgIpc) is 3.34. The van der Waals surface area contributed by atoms with E-state index in [4.69, 9.17) is 25.7 Å². The highest BCUT2D eigenvalue weighted by Crippen LogP contribution is 2.15. The van der Waals surface area contributed by atoms with E-state index >= 15 is 0 Å². The molecular formula is C20H27ClIN3O2. The minimum absolute atomic E-state index is 0. The monoisotopic (exact) mass is 503 g/mol. The Morgan fingerprint density at radius 3 is 2.63 bits per heavy atom. The second kappa shape index (κ2) is 12.3. The van der Waals surface area contributed by atoms with Crippen LogP contribution in [0.1, 0.15) is 17.7 Å². The zero-order valence-electron chi connectivity index (χ0n) is 15.3. The molecule has 0 amide bonds. The molecule has 1 aromatic heterocycles. The second-order valence-corrected chi connectivity index (χ2v) is 6.85. The molecule has 1 aliphatic heterocycles. The maximum Gasteiger partial charge on any atom is 0.191 e. The molecule has 148 valence electrons. The van der Waals surface area contributed by atoms with E-state index in [1.807, 2.05) is 30.3 Å². The normalized spacial score (nSPS) is 16.8. The maximum absolute atomic E-state index is 6.23. The van der Waals surface area contributed by atoms with Crippen LogP contribution in [-0.4, -0.2) is 38.8 Å². The van der Waals surface area contributed by atoms with Crippen molar-refractivity contribution in [3.63, 3.8) is 0 Å². The molecule has 2 N–H and O–H groups in total. The van der Waals surface area contributed by atoms with E-state index in [0.717, 1.165) is 74.4 Å². The number of halogens is 2. The number of benzene rings is 1. The van der Waals surface area contributed by atoms with Gasteiger partial charge in [-0.25, -0.2) is 0 Å². The SMILES string of the molecule is Clc1ccccc1CCNC(=NCC1CCOC1)NCCc1ccco1.I. The summed E-state index contributed by atoms with van der Waals surface area (Å²) in [7, 11) is 0. The van der Waals surface area contributed by atoms with Crippen LogP contribution in [0.25, 0.3) is 0 Å². The fraction of sp³-hybridized carbons (Fsp3) is 0.450. The number of ether oxygens (including phenoxy) is 1. The summed E-state index contributed by atoms with van der Waals surface area (Å²) in [6, 6.07) is 11.8. The van der Waals surface area contributed by atoms with E-state index in [9.17, 15) is 0 Å². The highest BCUT2D eigenvalue weighted by Gasteiger charge is 2.15. The number of hydrogen-bond donors (Lipinski definition) is 2. The fourth-order valence-corrected chi connectivity index (χ4v) is 3.13. The molecule has 5 nitrogen and oxygen atoms in total.